The minimum absolute atomic E-state index is 0.0256. The lowest BCUT2D eigenvalue weighted by molar-refractivity contribution is -0.778. The number of carbonyl (C=O) groups excluding carboxylic acids is 2. The standard InChI is InChI=1S/C44H56O17S2/c1-23(2)18-35(45)55-38-37(57-63-61-59-51)36(56-62-60-58-50)33(22-52-41(49)28-12-10-27(11-13-28)26-8-6-24(3)7-9-26)54-42(38)53-30-19-31(40(47)48)32-16-17-44-20-29(25(4)39(44)46)14-15-34(44)43(32,5)21-30/h6-13,23,29-34,36-39,42,46,50-51H,4,14-22H2,1-3,5H3,(H,47,48)/p-2/t29?,30?,31?,32?,33-,34?,36-,37-,38?,39+,42+,43?,44?/m1/s1. The number of aliphatic hydroxyl groups is 1. The van der Waals surface area contributed by atoms with Crippen LogP contribution in [0.15, 0.2) is 60.7 Å². The SMILES string of the molecule is C=C1C2CCC3C4(C)CC(O[C@H]5O[C@H](COC(=O)c6ccc(-c7ccc(C)cc7)cc6)[C@@H](OSOO[O-])[C@@H](OSOO[O-])C5OC(=O)CC(C)C)CC(C(=O)O)C4CCC3(C2)[C@H]1O. The number of carboxylic acid groups (broad SMARTS) is 1. The minimum atomic E-state index is -1.51. The summed E-state index contributed by atoms with van der Waals surface area (Å²) in [7, 11) is 0. The zero-order valence-corrected chi connectivity index (χ0v) is 37.1. The fraction of sp³-hybridized carbons (Fsp3) is 0.614. The van der Waals surface area contributed by atoms with Crippen LogP contribution in [0.3, 0.4) is 0 Å². The second-order valence-electron chi connectivity index (χ2n) is 18.2. The van der Waals surface area contributed by atoms with E-state index in [-0.39, 0.29) is 66.7 Å². The first-order valence-corrected chi connectivity index (χ1v) is 22.5. The molecule has 8 unspecified atom stereocenters. The van der Waals surface area contributed by atoms with E-state index >= 15 is 0 Å². The molecular weight excluding hydrogens is 865 g/mol. The Labute approximate surface area is 374 Å². The van der Waals surface area contributed by atoms with Crippen LogP contribution < -0.4 is 10.5 Å². The van der Waals surface area contributed by atoms with E-state index in [2.05, 4.69) is 32.2 Å². The van der Waals surface area contributed by atoms with Gasteiger partial charge in [0.2, 0.25) is 0 Å². The molecule has 1 aliphatic heterocycles. The summed E-state index contributed by atoms with van der Waals surface area (Å²) in [4.78, 5) is 40.1. The van der Waals surface area contributed by atoms with E-state index in [4.69, 9.17) is 27.3 Å². The quantitative estimate of drug-likeness (QED) is 0.0359. The van der Waals surface area contributed by atoms with Gasteiger partial charge in [0.25, 0.3) is 0 Å². The normalized spacial score (nSPS) is 34.9. The Bertz CT molecular complexity index is 1920. The highest BCUT2D eigenvalue weighted by molar-refractivity contribution is 7.90. The third-order valence-electron chi connectivity index (χ3n) is 14.2. The fourth-order valence-electron chi connectivity index (χ4n) is 11.5. The summed E-state index contributed by atoms with van der Waals surface area (Å²) in [6, 6.07) is 14.7. The number of ether oxygens (including phenoxy) is 4. The molecule has 19 heteroatoms. The lowest BCUT2D eigenvalue weighted by atomic mass is 9.43. The maximum Gasteiger partial charge on any atom is 0.338 e. The molecule has 4 aliphatic carbocycles. The minimum Gasteiger partial charge on any atom is -0.691 e. The second kappa shape index (κ2) is 20.6. The molecule has 17 nitrogen and oxygen atoms in total. The van der Waals surface area contributed by atoms with Crippen molar-refractivity contribution in [3.8, 4) is 11.1 Å². The molecule has 1 saturated heterocycles. The Morgan fingerprint density at radius 3 is 2.21 bits per heavy atom. The molecule has 63 heavy (non-hydrogen) atoms. The topological polar surface area (TPSA) is 230 Å². The summed E-state index contributed by atoms with van der Waals surface area (Å²) in [5.41, 5.74) is 2.98. The molecule has 0 aromatic heterocycles. The van der Waals surface area contributed by atoms with Gasteiger partial charge in [-0.05, 0) is 110 Å². The lowest BCUT2D eigenvalue weighted by Crippen LogP contribution is -2.63. The van der Waals surface area contributed by atoms with Crippen LogP contribution in [0.2, 0.25) is 0 Å². The molecule has 4 saturated carbocycles. The van der Waals surface area contributed by atoms with Gasteiger partial charge in [0, 0.05) is 11.8 Å². The average molecular weight is 919 g/mol. The van der Waals surface area contributed by atoms with Crippen molar-refractivity contribution < 1.29 is 81.2 Å². The molecule has 0 radical (unpaired) electrons. The summed E-state index contributed by atoms with van der Waals surface area (Å²) in [6.45, 7) is 11.4. The van der Waals surface area contributed by atoms with Crippen molar-refractivity contribution in [1.82, 2.24) is 0 Å². The van der Waals surface area contributed by atoms with Gasteiger partial charge in [-0.3, -0.25) is 28.0 Å². The van der Waals surface area contributed by atoms with E-state index < -0.39 is 84.2 Å². The van der Waals surface area contributed by atoms with Gasteiger partial charge < -0.3 is 39.7 Å². The Hall–Kier alpha value is -3.15. The molecule has 2 aromatic carbocycles. The first kappa shape index (κ1) is 47.8. The van der Waals surface area contributed by atoms with Crippen LogP contribution in [0, 0.1) is 47.3 Å². The third kappa shape index (κ3) is 10.2. The van der Waals surface area contributed by atoms with Crippen molar-refractivity contribution in [3.05, 3.63) is 71.8 Å². The number of esters is 2. The van der Waals surface area contributed by atoms with Crippen molar-refractivity contribution >= 4 is 42.6 Å². The van der Waals surface area contributed by atoms with E-state index in [1.165, 1.54) is 0 Å². The predicted molar refractivity (Wildman–Crippen MR) is 219 cm³/mol. The molecule has 13 atom stereocenters. The number of aryl methyl sites for hydroxylation is 1. The third-order valence-corrected chi connectivity index (χ3v) is 15.0. The van der Waals surface area contributed by atoms with Crippen LogP contribution in [-0.4, -0.2) is 77.6 Å². The van der Waals surface area contributed by atoms with Crippen molar-refractivity contribution in [2.75, 3.05) is 6.61 Å². The summed E-state index contributed by atoms with van der Waals surface area (Å²) in [5, 5.41) is 51.1. The van der Waals surface area contributed by atoms with Crippen LogP contribution in [0.4, 0.5) is 0 Å². The highest BCUT2D eigenvalue weighted by atomic mass is 32.2. The van der Waals surface area contributed by atoms with Gasteiger partial charge in [-0.2, -0.15) is 0 Å². The first-order chi connectivity index (χ1) is 30.2. The summed E-state index contributed by atoms with van der Waals surface area (Å²) in [6.07, 6.45) is -4.51. The van der Waals surface area contributed by atoms with E-state index in [0.717, 1.165) is 41.5 Å². The molecule has 346 valence electrons. The molecular formula is C44H54O17S2-2. The fourth-order valence-corrected chi connectivity index (χ4v) is 12.2. The van der Waals surface area contributed by atoms with Gasteiger partial charge in [-0.15, -0.1) is 8.67 Å². The van der Waals surface area contributed by atoms with Crippen LogP contribution in [0.25, 0.3) is 11.1 Å². The van der Waals surface area contributed by atoms with Crippen molar-refractivity contribution in [1.29, 1.82) is 0 Å². The maximum atomic E-state index is 13.5. The van der Waals surface area contributed by atoms with Crippen molar-refractivity contribution in [3.63, 3.8) is 0 Å². The van der Waals surface area contributed by atoms with Gasteiger partial charge in [-0.25, -0.2) is 4.79 Å². The Balaban J connectivity index is 1.19. The number of carbonyl (C=O) groups is 3. The van der Waals surface area contributed by atoms with E-state index in [0.29, 0.717) is 19.3 Å². The largest absolute Gasteiger partial charge is 0.691 e. The zero-order valence-electron chi connectivity index (χ0n) is 35.5. The van der Waals surface area contributed by atoms with Crippen LogP contribution in [-0.2, 0) is 55.6 Å². The number of hydrogen-bond donors (Lipinski definition) is 2. The molecule has 7 rings (SSSR count). The number of rotatable bonds is 18. The second-order valence-corrected chi connectivity index (χ2v) is 19.1. The highest BCUT2D eigenvalue weighted by Gasteiger charge is 2.67. The lowest BCUT2D eigenvalue weighted by Gasteiger charge is -2.62. The molecule has 5 aliphatic rings. The van der Waals surface area contributed by atoms with Gasteiger partial charge in [0.1, 0.15) is 24.9 Å². The van der Waals surface area contributed by atoms with Crippen LogP contribution >= 0.6 is 24.6 Å². The molecule has 1 heterocycles. The zero-order chi connectivity index (χ0) is 45.1. The number of fused-ring (bicyclic) bond motifs is 3. The number of benzene rings is 2. The van der Waals surface area contributed by atoms with Gasteiger partial charge in [0.15, 0.2) is 37.0 Å². The van der Waals surface area contributed by atoms with Gasteiger partial charge in [0.05, 0.1) is 23.7 Å². The van der Waals surface area contributed by atoms with E-state index in [9.17, 15) is 35.1 Å². The average Bonchev–Trinajstić information content (AvgIpc) is 3.42. The molecule has 2 N–H and O–H groups in total. The smallest absolute Gasteiger partial charge is 0.338 e. The monoisotopic (exact) mass is 918 g/mol. The maximum absolute atomic E-state index is 13.5. The van der Waals surface area contributed by atoms with Crippen LogP contribution in [0.1, 0.15) is 88.1 Å². The predicted octanol–water partition coefficient (Wildman–Crippen LogP) is 5.47. The number of hydrogen-bond acceptors (Lipinski definition) is 18. The molecule has 5 fully saturated rings. The van der Waals surface area contributed by atoms with Crippen molar-refractivity contribution in [2.24, 2.45) is 40.4 Å². The van der Waals surface area contributed by atoms with E-state index in [1.807, 2.05) is 45.0 Å². The summed E-state index contributed by atoms with van der Waals surface area (Å²) >= 11 is 0.166. The highest BCUT2D eigenvalue weighted by Crippen LogP contribution is 2.70. The summed E-state index contributed by atoms with van der Waals surface area (Å²) in [5.74, 6) is -3.36. The number of carboxylic acids is 1. The molecule has 1 spiro atoms. The molecule has 0 amide bonds. The summed E-state index contributed by atoms with van der Waals surface area (Å²) < 4.78 is 45.4. The van der Waals surface area contributed by atoms with Gasteiger partial charge in [-0.1, -0.05) is 69.3 Å². The Morgan fingerprint density at radius 1 is 0.921 bits per heavy atom. The first-order valence-electron chi connectivity index (χ1n) is 21.2. The Morgan fingerprint density at radius 2 is 1.57 bits per heavy atom. The number of aliphatic hydroxyl groups excluding tert-OH is 1. The Kier molecular flexibility index (Phi) is 15.6. The molecule has 2 aromatic rings. The van der Waals surface area contributed by atoms with Gasteiger partial charge >= 0.3 is 17.9 Å². The molecule has 2 bridgehead atoms. The number of aliphatic carboxylic acids is 1. The van der Waals surface area contributed by atoms with Crippen molar-refractivity contribution in [2.45, 2.75) is 122 Å². The van der Waals surface area contributed by atoms with Crippen LogP contribution in [0.5, 0.6) is 0 Å². The van der Waals surface area contributed by atoms with E-state index in [1.54, 1.807) is 24.3 Å².